The van der Waals surface area contributed by atoms with Crippen molar-refractivity contribution in [3.8, 4) is 0 Å². The van der Waals surface area contributed by atoms with Crippen LogP contribution in [0.25, 0.3) is 0 Å². The molecule has 0 saturated carbocycles. The van der Waals surface area contributed by atoms with Crippen LogP contribution >= 0.6 is 23.5 Å². The maximum Gasteiger partial charge on any atom is 0.494 e. The van der Waals surface area contributed by atoms with E-state index in [-0.39, 0.29) is 18.3 Å². The van der Waals surface area contributed by atoms with Crippen molar-refractivity contribution < 1.29 is 9.31 Å². The molecule has 0 amide bonds. The average molecular weight is 362 g/mol. The van der Waals surface area contributed by atoms with Gasteiger partial charge in [-0.05, 0) is 69.4 Å². The number of anilines is 1. The normalized spacial score (nSPS) is 18.6. The third-order valence-electron chi connectivity index (χ3n) is 4.55. The summed E-state index contributed by atoms with van der Waals surface area (Å²) in [7, 11) is -0.333. The molecule has 3 rings (SSSR count). The van der Waals surface area contributed by atoms with E-state index >= 15 is 0 Å². The Kier molecular flexibility index (Phi) is 4.89. The first-order valence-electron chi connectivity index (χ1n) is 7.91. The lowest BCUT2D eigenvalue weighted by Gasteiger charge is -2.32. The zero-order valence-electron chi connectivity index (χ0n) is 14.3. The topological polar surface area (TPSA) is 30.5 Å². The molecule has 0 atom stereocenters. The Morgan fingerprint density at radius 1 is 0.917 bits per heavy atom. The molecular weight excluding hydrogens is 341 g/mol. The summed E-state index contributed by atoms with van der Waals surface area (Å²) in [6.45, 7) is 8.23. The molecule has 3 nitrogen and oxygen atoms in total. The summed E-state index contributed by atoms with van der Waals surface area (Å²) >= 11 is 7.65. The molecule has 0 unspecified atom stereocenters. The Bertz CT molecular complexity index is 705. The first-order chi connectivity index (χ1) is 11.3. The molecular formula is C18H21BClNO2S. The molecule has 2 aromatic rings. The van der Waals surface area contributed by atoms with Gasteiger partial charge in [0.05, 0.1) is 16.2 Å². The summed E-state index contributed by atoms with van der Waals surface area (Å²) in [5.74, 6) is 0. The van der Waals surface area contributed by atoms with Crippen LogP contribution in [0.5, 0.6) is 0 Å². The van der Waals surface area contributed by atoms with E-state index in [0.717, 1.165) is 21.1 Å². The number of rotatable bonds is 4. The van der Waals surface area contributed by atoms with Gasteiger partial charge in [0.25, 0.3) is 0 Å². The van der Waals surface area contributed by atoms with Crippen molar-refractivity contribution in [1.82, 2.24) is 0 Å². The van der Waals surface area contributed by atoms with Gasteiger partial charge in [-0.15, -0.1) is 0 Å². The van der Waals surface area contributed by atoms with E-state index in [1.165, 1.54) is 11.9 Å². The van der Waals surface area contributed by atoms with Crippen LogP contribution in [0.1, 0.15) is 27.7 Å². The van der Waals surface area contributed by atoms with E-state index in [2.05, 4.69) is 32.4 Å². The molecule has 1 N–H and O–H groups in total. The van der Waals surface area contributed by atoms with Gasteiger partial charge < -0.3 is 14.0 Å². The lowest BCUT2D eigenvalue weighted by molar-refractivity contribution is 0.00578. The summed E-state index contributed by atoms with van der Waals surface area (Å²) in [6, 6.07) is 15.8. The molecule has 1 aliphatic heterocycles. The Labute approximate surface area is 153 Å². The van der Waals surface area contributed by atoms with E-state index in [4.69, 9.17) is 20.9 Å². The second kappa shape index (κ2) is 6.64. The number of nitrogens with one attached hydrogen (secondary N) is 1. The Hall–Kier alpha value is -1.14. The van der Waals surface area contributed by atoms with Crippen LogP contribution in [-0.2, 0) is 9.31 Å². The molecule has 0 radical (unpaired) electrons. The summed E-state index contributed by atoms with van der Waals surface area (Å²) < 4.78 is 15.4. The van der Waals surface area contributed by atoms with Gasteiger partial charge in [-0.1, -0.05) is 35.9 Å². The molecule has 6 heteroatoms. The second-order valence-electron chi connectivity index (χ2n) is 6.84. The highest BCUT2D eigenvalue weighted by atomic mass is 35.5. The molecule has 24 heavy (non-hydrogen) atoms. The van der Waals surface area contributed by atoms with Crippen molar-refractivity contribution in [2.75, 3.05) is 4.72 Å². The molecule has 1 aliphatic rings. The Morgan fingerprint density at radius 2 is 1.50 bits per heavy atom. The van der Waals surface area contributed by atoms with Crippen molar-refractivity contribution in [2.24, 2.45) is 0 Å². The van der Waals surface area contributed by atoms with Crippen molar-refractivity contribution >= 4 is 41.8 Å². The van der Waals surface area contributed by atoms with Gasteiger partial charge in [0.1, 0.15) is 0 Å². The van der Waals surface area contributed by atoms with Gasteiger partial charge in [0, 0.05) is 10.6 Å². The molecule has 1 heterocycles. The molecule has 1 saturated heterocycles. The summed E-state index contributed by atoms with van der Waals surface area (Å²) in [5, 5.41) is 0.740. The molecule has 0 spiro atoms. The van der Waals surface area contributed by atoms with E-state index in [0.29, 0.717) is 0 Å². The van der Waals surface area contributed by atoms with Gasteiger partial charge >= 0.3 is 7.12 Å². The molecule has 1 fully saturated rings. The molecule has 126 valence electrons. The predicted molar refractivity (Wildman–Crippen MR) is 103 cm³/mol. The zero-order chi connectivity index (χ0) is 17.4. The minimum absolute atomic E-state index is 0.325. The van der Waals surface area contributed by atoms with Gasteiger partial charge in [0.2, 0.25) is 0 Å². The lowest BCUT2D eigenvalue weighted by Crippen LogP contribution is -2.41. The average Bonchev–Trinajstić information content (AvgIpc) is 2.75. The number of benzene rings is 2. The maximum atomic E-state index is 6.16. The van der Waals surface area contributed by atoms with Crippen LogP contribution in [0.4, 0.5) is 5.69 Å². The highest BCUT2D eigenvalue weighted by molar-refractivity contribution is 8.00. The molecule has 0 aromatic heterocycles. The van der Waals surface area contributed by atoms with E-state index in [1.807, 2.05) is 48.5 Å². The predicted octanol–water partition coefficient (Wildman–Crippen LogP) is 4.76. The molecule has 0 bridgehead atoms. The fourth-order valence-corrected chi connectivity index (χ4v) is 3.26. The van der Waals surface area contributed by atoms with E-state index in [9.17, 15) is 0 Å². The summed E-state index contributed by atoms with van der Waals surface area (Å²) in [4.78, 5) is 0.995. The quantitative estimate of drug-likeness (QED) is 0.628. The third-order valence-corrected chi connectivity index (χ3v) is 5.91. The standard InChI is InChI=1S/C18H21BClNO2S/c1-17(2)18(3,4)23-19(22-17)13-9-11-14(12-10-13)21-24-16-8-6-5-7-15(16)20/h5-12,21H,1-4H3. The van der Waals surface area contributed by atoms with Crippen LogP contribution in [0, 0.1) is 0 Å². The third kappa shape index (κ3) is 3.59. The highest BCUT2D eigenvalue weighted by Crippen LogP contribution is 2.36. The fraction of sp³-hybridized carbons (Fsp3) is 0.333. The largest absolute Gasteiger partial charge is 0.494 e. The summed E-state index contributed by atoms with van der Waals surface area (Å²) in [6.07, 6.45) is 0. The van der Waals surface area contributed by atoms with Gasteiger partial charge in [-0.2, -0.15) is 0 Å². The maximum absolute atomic E-state index is 6.16. The van der Waals surface area contributed by atoms with E-state index < -0.39 is 0 Å². The SMILES string of the molecule is CC1(C)OB(c2ccc(NSc3ccccc3Cl)cc2)OC1(C)C. The minimum atomic E-state index is -0.333. The van der Waals surface area contributed by atoms with Gasteiger partial charge in [-0.3, -0.25) is 0 Å². The van der Waals surface area contributed by atoms with Gasteiger partial charge in [0.15, 0.2) is 0 Å². The van der Waals surface area contributed by atoms with Crippen LogP contribution in [0.2, 0.25) is 5.02 Å². The monoisotopic (exact) mass is 361 g/mol. The van der Waals surface area contributed by atoms with Crippen molar-refractivity contribution in [1.29, 1.82) is 0 Å². The highest BCUT2D eigenvalue weighted by Gasteiger charge is 2.51. The molecule has 0 aliphatic carbocycles. The van der Waals surface area contributed by atoms with Crippen molar-refractivity contribution in [3.05, 3.63) is 53.6 Å². The number of halogens is 1. The molecule has 2 aromatic carbocycles. The minimum Gasteiger partial charge on any atom is -0.399 e. The second-order valence-corrected chi connectivity index (χ2v) is 8.10. The van der Waals surface area contributed by atoms with Crippen LogP contribution in [-0.4, -0.2) is 18.3 Å². The Balaban J connectivity index is 1.65. The zero-order valence-corrected chi connectivity index (χ0v) is 15.9. The van der Waals surface area contributed by atoms with Crippen LogP contribution in [0.15, 0.2) is 53.4 Å². The lowest BCUT2D eigenvalue weighted by atomic mass is 9.79. The van der Waals surface area contributed by atoms with Crippen LogP contribution < -0.4 is 10.2 Å². The van der Waals surface area contributed by atoms with Crippen molar-refractivity contribution in [3.63, 3.8) is 0 Å². The summed E-state index contributed by atoms with van der Waals surface area (Å²) in [5.41, 5.74) is 1.37. The van der Waals surface area contributed by atoms with Gasteiger partial charge in [-0.25, -0.2) is 0 Å². The first-order valence-corrected chi connectivity index (χ1v) is 9.11. The number of hydrogen-bond acceptors (Lipinski definition) is 4. The smallest absolute Gasteiger partial charge is 0.399 e. The Morgan fingerprint density at radius 3 is 2.08 bits per heavy atom. The van der Waals surface area contributed by atoms with Crippen molar-refractivity contribution in [2.45, 2.75) is 43.8 Å². The fourth-order valence-electron chi connectivity index (χ4n) is 2.33. The number of hydrogen-bond donors (Lipinski definition) is 1. The van der Waals surface area contributed by atoms with Crippen LogP contribution in [0.3, 0.4) is 0 Å². The van der Waals surface area contributed by atoms with E-state index in [1.54, 1.807) is 0 Å². The first kappa shape index (κ1) is 17.7.